The minimum absolute atomic E-state index is 0.652. The molecule has 3 heteroatoms. The Morgan fingerprint density at radius 1 is 1.06 bits per heavy atom. The van der Waals surface area contributed by atoms with Gasteiger partial charge in [-0.3, -0.25) is 5.43 Å². The molecule has 0 fully saturated rings. The third-order valence-electron chi connectivity index (χ3n) is 2.50. The maximum Gasteiger partial charge on any atom is 0.0991 e. The molecular weight excluding hydrogens is 222 g/mol. The van der Waals surface area contributed by atoms with Crippen LogP contribution in [0, 0.1) is 18.3 Å². The van der Waals surface area contributed by atoms with Crippen LogP contribution in [-0.2, 0) is 0 Å². The Morgan fingerprint density at radius 3 is 2.33 bits per heavy atom. The molecule has 0 bridgehead atoms. The van der Waals surface area contributed by atoms with Crippen LogP contribution < -0.4 is 5.43 Å². The second-order valence-electron chi connectivity index (χ2n) is 3.97. The van der Waals surface area contributed by atoms with Gasteiger partial charge in [0.15, 0.2) is 0 Å². The molecule has 0 atom stereocenters. The first-order chi connectivity index (χ1) is 8.78. The molecule has 0 aliphatic carbocycles. The lowest BCUT2D eigenvalue weighted by Crippen LogP contribution is -1.90. The highest BCUT2D eigenvalue weighted by atomic mass is 15.3. The first-order valence-electron chi connectivity index (χ1n) is 5.64. The van der Waals surface area contributed by atoms with Gasteiger partial charge in [-0.25, -0.2) is 0 Å². The van der Waals surface area contributed by atoms with Crippen LogP contribution in [0.1, 0.15) is 16.7 Å². The van der Waals surface area contributed by atoms with Crippen LogP contribution in [0.3, 0.4) is 0 Å². The summed E-state index contributed by atoms with van der Waals surface area (Å²) in [6.45, 7) is 2.05. The van der Waals surface area contributed by atoms with Gasteiger partial charge in [-0.05, 0) is 36.8 Å². The Morgan fingerprint density at radius 2 is 1.72 bits per heavy atom. The van der Waals surface area contributed by atoms with Gasteiger partial charge in [-0.15, -0.1) is 0 Å². The van der Waals surface area contributed by atoms with E-state index in [0.29, 0.717) is 5.56 Å². The number of hydrogen-bond donors (Lipinski definition) is 1. The topological polar surface area (TPSA) is 48.2 Å². The summed E-state index contributed by atoms with van der Waals surface area (Å²) < 4.78 is 0. The lowest BCUT2D eigenvalue weighted by Gasteiger charge is -2.00. The Hall–Kier alpha value is -2.60. The van der Waals surface area contributed by atoms with Gasteiger partial charge in [-0.1, -0.05) is 29.8 Å². The Balaban J connectivity index is 1.98. The second kappa shape index (κ2) is 5.65. The zero-order valence-electron chi connectivity index (χ0n) is 10.1. The number of aryl methyl sites for hydroxylation is 1. The zero-order chi connectivity index (χ0) is 12.8. The van der Waals surface area contributed by atoms with Crippen LogP contribution in [0.5, 0.6) is 0 Å². The van der Waals surface area contributed by atoms with Crippen molar-refractivity contribution >= 4 is 11.9 Å². The summed E-state index contributed by atoms with van der Waals surface area (Å²) in [5, 5.41) is 12.8. The van der Waals surface area contributed by atoms with Crippen molar-refractivity contribution in [3.8, 4) is 6.07 Å². The van der Waals surface area contributed by atoms with Gasteiger partial charge in [0.25, 0.3) is 0 Å². The van der Waals surface area contributed by atoms with E-state index in [0.717, 1.165) is 11.3 Å². The summed E-state index contributed by atoms with van der Waals surface area (Å²) in [6, 6.07) is 17.4. The monoisotopic (exact) mass is 235 g/mol. The molecule has 0 amide bonds. The van der Waals surface area contributed by atoms with Crippen LogP contribution in [0.4, 0.5) is 5.69 Å². The third-order valence-corrected chi connectivity index (χ3v) is 2.50. The van der Waals surface area contributed by atoms with E-state index in [2.05, 4.69) is 16.6 Å². The quantitative estimate of drug-likeness (QED) is 0.655. The molecule has 18 heavy (non-hydrogen) atoms. The summed E-state index contributed by atoms with van der Waals surface area (Å²) in [5.41, 5.74) is 6.73. The number of hydrogen-bond acceptors (Lipinski definition) is 3. The molecule has 88 valence electrons. The summed E-state index contributed by atoms with van der Waals surface area (Å²) in [4.78, 5) is 0. The fraction of sp³-hybridized carbons (Fsp3) is 0.0667. The first-order valence-corrected chi connectivity index (χ1v) is 5.64. The van der Waals surface area contributed by atoms with Gasteiger partial charge in [0.05, 0.1) is 23.5 Å². The molecule has 0 heterocycles. The number of hydrazone groups is 1. The largest absolute Gasteiger partial charge is 0.279 e. The predicted octanol–water partition coefficient (Wildman–Crippen LogP) is 3.31. The van der Waals surface area contributed by atoms with E-state index in [1.54, 1.807) is 18.3 Å². The fourth-order valence-corrected chi connectivity index (χ4v) is 1.45. The van der Waals surface area contributed by atoms with E-state index in [9.17, 15) is 0 Å². The van der Waals surface area contributed by atoms with E-state index in [1.165, 1.54) is 5.56 Å². The first kappa shape index (κ1) is 11.9. The third kappa shape index (κ3) is 3.19. The Bertz CT molecular complexity index is 575. The van der Waals surface area contributed by atoms with Gasteiger partial charge < -0.3 is 0 Å². The second-order valence-corrected chi connectivity index (χ2v) is 3.97. The van der Waals surface area contributed by atoms with Crippen molar-refractivity contribution in [3.05, 3.63) is 65.2 Å². The lowest BCUT2D eigenvalue weighted by atomic mass is 10.2. The predicted molar refractivity (Wildman–Crippen MR) is 73.6 cm³/mol. The Labute approximate surface area is 106 Å². The van der Waals surface area contributed by atoms with E-state index in [1.807, 2.05) is 43.3 Å². The zero-order valence-corrected chi connectivity index (χ0v) is 10.1. The van der Waals surface area contributed by atoms with Crippen molar-refractivity contribution in [2.24, 2.45) is 5.10 Å². The van der Waals surface area contributed by atoms with Gasteiger partial charge in [-0.2, -0.15) is 10.4 Å². The molecule has 0 aliphatic heterocycles. The van der Waals surface area contributed by atoms with Crippen LogP contribution >= 0.6 is 0 Å². The number of anilines is 1. The maximum atomic E-state index is 8.68. The molecule has 0 unspecified atom stereocenters. The van der Waals surface area contributed by atoms with Crippen LogP contribution in [0.2, 0.25) is 0 Å². The maximum absolute atomic E-state index is 8.68. The number of nitrogens with one attached hydrogen (secondary N) is 1. The lowest BCUT2D eigenvalue weighted by molar-refractivity contribution is 1.34. The fourth-order valence-electron chi connectivity index (χ4n) is 1.45. The van der Waals surface area contributed by atoms with E-state index in [4.69, 9.17) is 5.26 Å². The highest BCUT2D eigenvalue weighted by Crippen LogP contribution is 2.08. The van der Waals surface area contributed by atoms with Crippen molar-refractivity contribution in [3.63, 3.8) is 0 Å². The molecule has 1 N–H and O–H groups in total. The van der Waals surface area contributed by atoms with E-state index in [-0.39, 0.29) is 0 Å². The molecule has 2 aromatic rings. The Kier molecular flexibility index (Phi) is 3.72. The number of nitrogens with zero attached hydrogens (tertiary/aromatic N) is 2. The molecule has 2 rings (SSSR count). The van der Waals surface area contributed by atoms with E-state index < -0.39 is 0 Å². The van der Waals surface area contributed by atoms with Gasteiger partial charge in [0, 0.05) is 0 Å². The standard InChI is InChI=1S/C15H13N3/c1-12-2-8-15(9-3-12)18-17-11-14-6-4-13(10-16)5-7-14/h2-9,11,18H,1H3/b17-11-. The van der Waals surface area contributed by atoms with Crippen molar-refractivity contribution in [2.75, 3.05) is 5.43 Å². The minimum atomic E-state index is 0.652. The SMILES string of the molecule is Cc1ccc(N/N=C\c2ccc(C#N)cc2)cc1. The normalized spacial score (nSPS) is 10.2. The van der Waals surface area contributed by atoms with Crippen LogP contribution in [-0.4, -0.2) is 6.21 Å². The number of rotatable bonds is 3. The molecule has 0 spiro atoms. The van der Waals surface area contributed by atoms with Crippen LogP contribution in [0.15, 0.2) is 53.6 Å². The summed E-state index contributed by atoms with van der Waals surface area (Å²) >= 11 is 0. The molecule has 3 nitrogen and oxygen atoms in total. The molecule has 0 saturated carbocycles. The van der Waals surface area contributed by atoms with Crippen molar-refractivity contribution in [1.29, 1.82) is 5.26 Å². The summed E-state index contributed by atoms with van der Waals surface area (Å²) in [5.74, 6) is 0. The van der Waals surface area contributed by atoms with Gasteiger partial charge in [0.1, 0.15) is 0 Å². The molecule has 0 aromatic heterocycles. The molecular formula is C15H13N3. The molecule has 0 aliphatic rings. The molecule has 0 radical (unpaired) electrons. The summed E-state index contributed by atoms with van der Waals surface area (Å²) in [7, 11) is 0. The molecule has 2 aromatic carbocycles. The van der Waals surface area contributed by atoms with Crippen molar-refractivity contribution < 1.29 is 0 Å². The smallest absolute Gasteiger partial charge is 0.0991 e. The highest BCUT2D eigenvalue weighted by Gasteiger charge is 1.91. The van der Waals surface area contributed by atoms with E-state index >= 15 is 0 Å². The van der Waals surface area contributed by atoms with Gasteiger partial charge in [0.2, 0.25) is 0 Å². The van der Waals surface area contributed by atoms with Crippen LogP contribution in [0.25, 0.3) is 0 Å². The van der Waals surface area contributed by atoms with Crippen molar-refractivity contribution in [2.45, 2.75) is 6.92 Å². The number of benzene rings is 2. The average Bonchev–Trinajstić information content (AvgIpc) is 2.42. The number of nitriles is 1. The minimum Gasteiger partial charge on any atom is -0.279 e. The highest BCUT2D eigenvalue weighted by molar-refractivity contribution is 5.80. The van der Waals surface area contributed by atoms with Crippen molar-refractivity contribution in [1.82, 2.24) is 0 Å². The van der Waals surface area contributed by atoms with Gasteiger partial charge >= 0.3 is 0 Å². The average molecular weight is 235 g/mol. The molecule has 0 saturated heterocycles. The summed E-state index contributed by atoms with van der Waals surface area (Å²) in [6.07, 6.45) is 1.72.